The van der Waals surface area contributed by atoms with Crippen LogP contribution >= 0.6 is 0 Å². The van der Waals surface area contributed by atoms with Gasteiger partial charge in [0.2, 0.25) is 5.91 Å². The Morgan fingerprint density at radius 1 is 1.00 bits per heavy atom. The van der Waals surface area contributed by atoms with E-state index in [1.807, 2.05) is 0 Å². The van der Waals surface area contributed by atoms with Crippen LogP contribution in [0.1, 0.15) is 26.3 Å². The van der Waals surface area contributed by atoms with E-state index in [0.717, 1.165) is 10.3 Å². The van der Waals surface area contributed by atoms with Gasteiger partial charge in [-0.25, -0.2) is 0 Å². The predicted molar refractivity (Wildman–Crippen MR) is 99.7 cm³/mol. The fourth-order valence-electron chi connectivity index (χ4n) is 3.11. The third-order valence-corrected chi connectivity index (χ3v) is 4.50. The van der Waals surface area contributed by atoms with Crippen LogP contribution in [0.3, 0.4) is 0 Å². The number of aromatic amines is 1. The number of rotatable bonds is 3. The van der Waals surface area contributed by atoms with Crippen LogP contribution in [-0.2, 0) is 4.79 Å². The molecule has 0 saturated carbocycles. The molecular formula is C20H15N3O4. The number of fused-ring (bicyclic) bond motifs is 2. The summed E-state index contributed by atoms with van der Waals surface area (Å²) in [6.45, 7) is 1.34. The lowest BCUT2D eigenvalue weighted by molar-refractivity contribution is -0.116. The number of carbonyl (C=O) groups is 3. The molecule has 2 heterocycles. The zero-order chi connectivity index (χ0) is 19.1. The fourth-order valence-corrected chi connectivity index (χ4v) is 3.11. The van der Waals surface area contributed by atoms with Crippen LogP contribution in [0.4, 0.5) is 5.69 Å². The first-order chi connectivity index (χ1) is 12.9. The summed E-state index contributed by atoms with van der Waals surface area (Å²) in [6, 6.07) is 13.3. The van der Waals surface area contributed by atoms with E-state index >= 15 is 0 Å². The number of aromatic nitrogens is 1. The van der Waals surface area contributed by atoms with Gasteiger partial charge in [-0.1, -0.05) is 18.2 Å². The van der Waals surface area contributed by atoms with Crippen LogP contribution in [-0.4, -0.2) is 34.2 Å². The number of benzene rings is 2. The topological polar surface area (TPSA) is 99.3 Å². The Kier molecular flexibility index (Phi) is 3.84. The molecule has 27 heavy (non-hydrogen) atoms. The molecule has 0 aliphatic carbocycles. The molecule has 0 unspecified atom stereocenters. The number of nitrogens with one attached hydrogen (secondary N) is 2. The molecule has 1 aliphatic rings. The Hall–Kier alpha value is -3.74. The summed E-state index contributed by atoms with van der Waals surface area (Å²) in [5.41, 5.74) is 2.05. The molecule has 2 aromatic carbocycles. The Morgan fingerprint density at radius 3 is 2.33 bits per heavy atom. The van der Waals surface area contributed by atoms with Crippen LogP contribution in [0, 0.1) is 6.92 Å². The summed E-state index contributed by atoms with van der Waals surface area (Å²) in [6.07, 6.45) is 0. The molecule has 7 nitrogen and oxygen atoms in total. The summed E-state index contributed by atoms with van der Waals surface area (Å²) in [4.78, 5) is 52.4. The van der Waals surface area contributed by atoms with E-state index in [4.69, 9.17) is 0 Å². The van der Waals surface area contributed by atoms with Crippen molar-refractivity contribution in [3.63, 3.8) is 0 Å². The Balaban J connectivity index is 1.53. The Morgan fingerprint density at radius 2 is 1.67 bits per heavy atom. The molecule has 0 atom stereocenters. The second-order valence-electron chi connectivity index (χ2n) is 6.37. The van der Waals surface area contributed by atoms with Crippen molar-refractivity contribution < 1.29 is 14.4 Å². The standard InChI is InChI=1S/C20H15N3O4/c1-11-8-12-6-7-13(9-16(12)22-18(11)25)21-17(24)10-23-19(26)14-4-2-3-5-15(14)20(23)27/h2-9H,10H2,1H3,(H,21,24)(H,22,25). The highest BCUT2D eigenvalue weighted by molar-refractivity contribution is 6.22. The lowest BCUT2D eigenvalue weighted by Gasteiger charge is -2.14. The quantitative estimate of drug-likeness (QED) is 0.698. The van der Waals surface area contributed by atoms with E-state index in [-0.39, 0.29) is 12.1 Å². The molecule has 7 heteroatoms. The molecule has 0 saturated heterocycles. The molecule has 0 radical (unpaired) electrons. The molecule has 4 rings (SSSR count). The van der Waals surface area contributed by atoms with E-state index in [9.17, 15) is 19.2 Å². The predicted octanol–water partition coefficient (Wildman–Crippen LogP) is 2.07. The summed E-state index contributed by atoms with van der Waals surface area (Å²) in [5, 5.41) is 3.49. The average molecular weight is 361 g/mol. The van der Waals surface area contributed by atoms with Crippen molar-refractivity contribution >= 4 is 34.3 Å². The highest BCUT2D eigenvalue weighted by Gasteiger charge is 2.36. The van der Waals surface area contributed by atoms with Gasteiger partial charge in [-0.15, -0.1) is 0 Å². The average Bonchev–Trinajstić information content (AvgIpc) is 2.88. The van der Waals surface area contributed by atoms with E-state index in [1.165, 1.54) is 0 Å². The first-order valence-electron chi connectivity index (χ1n) is 8.33. The number of amides is 3. The van der Waals surface area contributed by atoms with Crippen LogP contribution < -0.4 is 10.9 Å². The maximum absolute atomic E-state index is 12.3. The van der Waals surface area contributed by atoms with Crippen molar-refractivity contribution in [2.24, 2.45) is 0 Å². The highest BCUT2D eigenvalue weighted by atomic mass is 16.2. The number of aryl methyl sites for hydroxylation is 1. The van der Waals surface area contributed by atoms with Crippen LogP contribution in [0.15, 0.2) is 53.3 Å². The van der Waals surface area contributed by atoms with Gasteiger partial charge in [0.15, 0.2) is 0 Å². The lowest BCUT2D eigenvalue weighted by atomic mass is 10.1. The van der Waals surface area contributed by atoms with Gasteiger partial charge in [-0.3, -0.25) is 24.1 Å². The highest BCUT2D eigenvalue weighted by Crippen LogP contribution is 2.22. The summed E-state index contributed by atoms with van der Waals surface area (Å²) in [5.74, 6) is -1.47. The number of H-pyrrole nitrogens is 1. The summed E-state index contributed by atoms with van der Waals surface area (Å²) in [7, 11) is 0. The van der Waals surface area contributed by atoms with Gasteiger partial charge < -0.3 is 10.3 Å². The normalized spacial score (nSPS) is 13.1. The molecule has 2 N–H and O–H groups in total. The molecule has 0 fully saturated rings. The monoisotopic (exact) mass is 361 g/mol. The molecule has 134 valence electrons. The van der Waals surface area contributed by atoms with Crippen LogP contribution in [0.5, 0.6) is 0 Å². The number of nitrogens with zero attached hydrogens (tertiary/aromatic N) is 1. The van der Waals surface area contributed by atoms with E-state index in [2.05, 4.69) is 10.3 Å². The third-order valence-electron chi connectivity index (χ3n) is 4.50. The lowest BCUT2D eigenvalue weighted by Crippen LogP contribution is -2.37. The molecule has 3 amide bonds. The van der Waals surface area contributed by atoms with Crippen molar-refractivity contribution in [2.75, 3.05) is 11.9 Å². The van der Waals surface area contributed by atoms with Gasteiger partial charge in [-0.2, -0.15) is 0 Å². The molecular weight excluding hydrogens is 346 g/mol. The van der Waals surface area contributed by atoms with Crippen LogP contribution in [0.25, 0.3) is 10.9 Å². The summed E-state index contributed by atoms with van der Waals surface area (Å²) < 4.78 is 0. The SMILES string of the molecule is Cc1cc2ccc(NC(=O)CN3C(=O)c4ccccc4C3=O)cc2[nH]c1=O. The van der Waals surface area contributed by atoms with E-state index < -0.39 is 17.7 Å². The second-order valence-corrected chi connectivity index (χ2v) is 6.37. The van der Waals surface area contributed by atoms with E-state index in [1.54, 1.807) is 55.5 Å². The Bertz CT molecular complexity index is 1140. The number of hydrogen-bond donors (Lipinski definition) is 2. The smallest absolute Gasteiger partial charge is 0.262 e. The molecule has 0 spiro atoms. The first-order valence-corrected chi connectivity index (χ1v) is 8.33. The van der Waals surface area contributed by atoms with Crippen LogP contribution in [0.2, 0.25) is 0 Å². The van der Waals surface area contributed by atoms with Gasteiger partial charge in [-0.05, 0) is 42.6 Å². The van der Waals surface area contributed by atoms with Crippen molar-refractivity contribution in [3.8, 4) is 0 Å². The third kappa shape index (κ3) is 2.89. The maximum atomic E-state index is 12.3. The molecule has 1 aromatic heterocycles. The molecule has 3 aromatic rings. The number of hydrogen-bond acceptors (Lipinski definition) is 4. The zero-order valence-corrected chi connectivity index (χ0v) is 14.4. The minimum atomic E-state index is -0.502. The van der Waals surface area contributed by atoms with Gasteiger partial charge in [0.25, 0.3) is 17.4 Å². The molecule has 1 aliphatic heterocycles. The number of imide groups is 1. The first kappa shape index (κ1) is 16.7. The van der Waals surface area contributed by atoms with Gasteiger partial charge in [0.1, 0.15) is 6.54 Å². The van der Waals surface area contributed by atoms with Crippen molar-refractivity contribution in [1.29, 1.82) is 0 Å². The van der Waals surface area contributed by atoms with E-state index in [0.29, 0.717) is 27.9 Å². The Labute approximate surface area is 153 Å². The minimum absolute atomic E-state index is 0.197. The fraction of sp³-hybridized carbons (Fsp3) is 0.100. The van der Waals surface area contributed by atoms with Crippen molar-refractivity contribution in [1.82, 2.24) is 9.88 Å². The van der Waals surface area contributed by atoms with Gasteiger partial charge in [0, 0.05) is 11.3 Å². The number of carbonyl (C=O) groups excluding carboxylic acids is 3. The largest absolute Gasteiger partial charge is 0.324 e. The number of anilines is 1. The van der Waals surface area contributed by atoms with Crippen molar-refractivity contribution in [3.05, 3.63) is 75.6 Å². The van der Waals surface area contributed by atoms with Gasteiger partial charge in [0.05, 0.1) is 16.6 Å². The second kappa shape index (κ2) is 6.21. The summed E-state index contributed by atoms with van der Waals surface area (Å²) >= 11 is 0. The minimum Gasteiger partial charge on any atom is -0.324 e. The molecule has 0 bridgehead atoms. The maximum Gasteiger partial charge on any atom is 0.262 e. The van der Waals surface area contributed by atoms with Crippen molar-refractivity contribution in [2.45, 2.75) is 6.92 Å². The zero-order valence-electron chi connectivity index (χ0n) is 14.4. The number of pyridine rings is 1. The van der Waals surface area contributed by atoms with Gasteiger partial charge >= 0.3 is 0 Å².